The van der Waals surface area contributed by atoms with E-state index in [-0.39, 0.29) is 34.8 Å². The average molecular weight is 452 g/mol. The van der Waals surface area contributed by atoms with E-state index in [2.05, 4.69) is 24.4 Å². The van der Waals surface area contributed by atoms with Crippen molar-refractivity contribution in [3.05, 3.63) is 35.6 Å². The minimum Gasteiger partial charge on any atom is -0.462 e. The summed E-state index contributed by atoms with van der Waals surface area (Å²) in [5, 5.41) is 4.45. The molecule has 2 heterocycles. The molecule has 6 rings (SSSR count). The summed E-state index contributed by atoms with van der Waals surface area (Å²) in [5.41, 5.74) is 3.98. The molecule has 0 aromatic heterocycles. The minimum absolute atomic E-state index is 0.0548. The van der Waals surface area contributed by atoms with Crippen LogP contribution in [0.25, 0.3) is 0 Å². The van der Waals surface area contributed by atoms with E-state index in [1.165, 1.54) is 13.3 Å². The molecule has 3 fully saturated rings. The number of benzene rings is 1. The molecule has 0 spiro atoms. The van der Waals surface area contributed by atoms with Gasteiger partial charge in [0.2, 0.25) is 0 Å². The van der Waals surface area contributed by atoms with Crippen LogP contribution < -0.4 is 5.43 Å². The molecular formula is C27H34FN3O2. The van der Waals surface area contributed by atoms with Gasteiger partial charge in [0.1, 0.15) is 17.8 Å². The Bertz CT molecular complexity index is 1040. The Hall–Kier alpha value is -2.24. The van der Waals surface area contributed by atoms with Crippen molar-refractivity contribution in [2.75, 3.05) is 0 Å². The molecule has 5 nitrogen and oxygen atoms in total. The van der Waals surface area contributed by atoms with Crippen molar-refractivity contribution in [1.82, 2.24) is 5.43 Å². The summed E-state index contributed by atoms with van der Waals surface area (Å²) in [6.45, 7) is 6.36. The van der Waals surface area contributed by atoms with Crippen LogP contribution in [0.5, 0.6) is 0 Å². The van der Waals surface area contributed by atoms with Crippen LogP contribution in [0.15, 0.2) is 34.4 Å². The Labute approximate surface area is 195 Å². The Morgan fingerprint density at radius 2 is 1.82 bits per heavy atom. The van der Waals surface area contributed by atoms with Crippen molar-refractivity contribution in [2.45, 2.75) is 83.3 Å². The fraction of sp³-hybridized carbons (Fsp3) is 0.667. The lowest BCUT2D eigenvalue weighted by Crippen LogP contribution is -2.60. The second-order valence-corrected chi connectivity index (χ2v) is 11.7. The van der Waals surface area contributed by atoms with E-state index < -0.39 is 5.41 Å². The zero-order valence-electron chi connectivity index (χ0n) is 19.8. The molecular weight excluding hydrogens is 417 g/mol. The summed E-state index contributed by atoms with van der Waals surface area (Å²) >= 11 is 0. The predicted octanol–water partition coefficient (Wildman–Crippen LogP) is 5.00. The van der Waals surface area contributed by atoms with Crippen molar-refractivity contribution in [2.24, 2.45) is 38.7 Å². The Balaban J connectivity index is 1.35. The highest BCUT2D eigenvalue weighted by Gasteiger charge is 2.63. The molecule has 176 valence electrons. The molecule has 6 heteroatoms. The number of rotatable bonds is 2. The number of halogens is 1. The Kier molecular flexibility index (Phi) is 4.60. The van der Waals surface area contributed by atoms with Gasteiger partial charge in [0.05, 0.1) is 11.5 Å². The third-order valence-electron chi connectivity index (χ3n) is 10.2. The Morgan fingerprint density at radius 3 is 2.58 bits per heavy atom. The van der Waals surface area contributed by atoms with E-state index in [0.717, 1.165) is 49.9 Å². The van der Waals surface area contributed by atoms with E-state index in [1.807, 2.05) is 18.3 Å². The van der Waals surface area contributed by atoms with Gasteiger partial charge in [-0.2, -0.15) is 5.10 Å². The first-order valence-electron chi connectivity index (χ1n) is 12.6. The number of amidine groups is 1. The number of aliphatic imine (C=N–C) groups is 1. The number of ether oxygens (including phenoxy) is 1. The van der Waals surface area contributed by atoms with Crippen molar-refractivity contribution >= 4 is 18.0 Å². The van der Waals surface area contributed by atoms with Crippen LogP contribution in [0, 0.1) is 34.4 Å². The third-order valence-corrected chi connectivity index (χ3v) is 10.2. The van der Waals surface area contributed by atoms with Gasteiger partial charge in [0, 0.05) is 18.6 Å². The summed E-state index contributed by atoms with van der Waals surface area (Å²) in [6, 6.07) is 7.17. The lowest BCUT2D eigenvalue weighted by molar-refractivity contribution is -0.158. The van der Waals surface area contributed by atoms with E-state index in [4.69, 9.17) is 9.73 Å². The molecule has 0 radical (unpaired) electrons. The molecule has 1 aromatic carbocycles. The number of hydrogen-bond donors (Lipinski definition) is 1. The van der Waals surface area contributed by atoms with Gasteiger partial charge in [-0.15, -0.1) is 0 Å². The summed E-state index contributed by atoms with van der Waals surface area (Å²) in [5.74, 6) is 2.38. The van der Waals surface area contributed by atoms with E-state index in [0.29, 0.717) is 17.8 Å². The molecule has 0 saturated heterocycles. The molecule has 5 aliphatic rings. The molecule has 33 heavy (non-hydrogen) atoms. The average Bonchev–Trinajstić information content (AvgIpc) is 3.33. The topological polar surface area (TPSA) is 63.0 Å². The van der Waals surface area contributed by atoms with Crippen LogP contribution in [0.2, 0.25) is 0 Å². The first-order valence-corrected chi connectivity index (χ1v) is 12.6. The highest BCUT2D eigenvalue weighted by atomic mass is 19.1. The zero-order chi connectivity index (χ0) is 23.0. The van der Waals surface area contributed by atoms with Crippen LogP contribution in [0.3, 0.4) is 0 Å². The molecule has 8 atom stereocenters. The van der Waals surface area contributed by atoms with Crippen molar-refractivity contribution in [3.8, 4) is 0 Å². The number of esters is 1. The molecule has 6 unspecified atom stereocenters. The second kappa shape index (κ2) is 7.13. The SMILES string of the molecule is CC(=O)OC1CCC2C3CCC4N=C5NN=CC5(c5ccc(F)cc5)C[C@]4(C)C3CC[C@]12C. The first-order chi connectivity index (χ1) is 15.8. The number of carbonyl (C=O) groups excluding carboxylic acids is 1. The maximum Gasteiger partial charge on any atom is 0.302 e. The maximum absolute atomic E-state index is 13.7. The fourth-order valence-electron chi connectivity index (χ4n) is 8.70. The predicted molar refractivity (Wildman–Crippen MR) is 125 cm³/mol. The molecule has 2 aliphatic heterocycles. The van der Waals surface area contributed by atoms with Crippen molar-refractivity contribution in [3.63, 3.8) is 0 Å². The van der Waals surface area contributed by atoms with Crippen LogP contribution >= 0.6 is 0 Å². The van der Waals surface area contributed by atoms with Crippen LogP contribution in [-0.4, -0.2) is 30.2 Å². The standard InChI is InChI=1S/C27H34FN3O2/c1-16(32)33-23-11-9-20-19-8-10-22-26(3,21(19)12-13-25(20,23)2)14-27(15-29-31-24(27)30-22)17-4-6-18(28)7-5-17/h4-7,15,19-23H,8-14H2,1-3H3,(H,30,31)/t19?,20?,21?,22?,23?,25-,26+,27?/m0/s1. The van der Waals surface area contributed by atoms with Crippen LogP contribution in [0.1, 0.15) is 71.3 Å². The van der Waals surface area contributed by atoms with E-state index in [9.17, 15) is 9.18 Å². The second-order valence-electron chi connectivity index (χ2n) is 11.7. The summed E-state index contributed by atoms with van der Waals surface area (Å²) in [4.78, 5) is 17.0. The highest BCUT2D eigenvalue weighted by Crippen LogP contribution is 2.66. The zero-order valence-corrected chi connectivity index (χ0v) is 19.8. The van der Waals surface area contributed by atoms with Gasteiger partial charge in [-0.05, 0) is 85.8 Å². The molecule has 3 aliphatic carbocycles. The number of hydrazone groups is 1. The number of fused-ring (bicyclic) bond motifs is 6. The van der Waals surface area contributed by atoms with Gasteiger partial charge >= 0.3 is 5.97 Å². The molecule has 1 aromatic rings. The quantitative estimate of drug-likeness (QED) is 0.644. The first kappa shape index (κ1) is 21.3. The normalized spacial score (nSPS) is 45.2. The fourth-order valence-corrected chi connectivity index (χ4v) is 8.70. The maximum atomic E-state index is 13.7. The summed E-state index contributed by atoms with van der Waals surface area (Å²) in [6.07, 6.45) is 9.68. The number of carbonyl (C=O) groups is 1. The highest BCUT2D eigenvalue weighted by molar-refractivity contribution is 6.11. The monoisotopic (exact) mass is 451 g/mol. The van der Waals surface area contributed by atoms with Gasteiger partial charge < -0.3 is 4.74 Å². The number of nitrogens with one attached hydrogen (secondary N) is 1. The molecule has 0 amide bonds. The van der Waals surface area contributed by atoms with E-state index in [1.54, 1.807) is 12.1 Å². The number of nitrogens with zero attached hydrogens (tertiary/aromatic N) is 2. The smallest absolute Gasteiger partial charge is 0.302 e. The minimum atomic E-state index is -0.405. The largest absolute Gasteiger partial charge is 0.462 e. The van der Waals surface area contributed by atoms with Gasteiger partial charge in [-0.1, -0.05) is 26.0 Å². The molecule has 0 bridgehead atoms. The van der Waals surface area contributed by atoms with Gasteiger partial charge in [-0.3, -0.25) is 15.2 Å². The lowest BCUT2D eigenvalue weighted by Gasteiger charge is -2.60. The third kappa shape index (κ3) is 2.91. The number of hydrogen-bond acceptors (Lipinski definition) is 5. The van der Waals surface area contributed by atoms with Crippen LogP contribution in [0.4, 0.5) is 4.39 Å². The van der Waals surface area contributed by atoms with Crippen LogP contribution in [-0.2, 0) is 14.9 Å². The summed E-state index contributed by atoms with van der Waals surface area (Å²) in [7, 11) is 0. The van der Waals surface area contributed by atoms with Crippen molar-refractivity contribution in [1.29, 1.82) is 0 Å². The van der Waals surface area contributed by atoms with Crippen molar-refractivity contribution < 1.29 is 13.9 Å². The molecule has 1 N–H and O–H groups in total. The van der Waals surface area contributed by atoms with Gasteiger partial charge in [0.25, 0.3) is 0 Å². The summed E-state index contributed by atoms with van der Waals surface area (Å²) < 4.78 is 19.5. The van der Waals surface area contributed by atoms with Gasteiger partial charge in [0.15, 0.2) is 0 Å². The lowest BCUT2D eigenvalue weighted by atomic mass is 9.46. The van der Waals surface area contributed by atoms with Gasteiger partial charge in [-0.25, -0.2) is 4.39 Å². The van der Waals surface area contributed by atoms with E-state index >= 15 is 0 Å². The Morgan fingerprint density at radius 1 is 1.06 bits per heavy atom. The molecule has 3 saturated carbocycles.